The van der Waals surface area contributed by atoms with Crippen molar-refractivity contribution in [2.45, 2.75) is 0 Å². The van der Waals surface area contributed by atoms with Crippen molar-refractivity contribution in [3.05, 3.63) is 200 Å². The van der Waals surface area contributed by atoms with Crippen molar-refractivity contribution < 1.29 is 0 Å². The van der Waals surface area contributed by atoms with Gasteiger partial charge in [-0.15, -0.1) is 34.0 Å². The molecule has 3 aromatic heterocycles. The first-order chi connectivity index (χ1) is 28.7. The van der Waals surface area contributed by atoms with E-state index in [9.17, 15) is 0 Å². The highest BCUT2D eigenvalue weighted by atomic mass is 32.1. The van der Waals surface area contributed by atoms with E-state index in [-0.39, 0.29) is 0 Å². The van der Waals surface area contributed by atoms with Crippen LogP contribution in [0.5, 0.6) is 0 Å². The molecular formula is C54H33NS3. The van der Waals surface area contributed by atoms with Crippen LogP contribution < -0.4 is 4.90 Å². The van der Waals surface area contributed by atoms with Gasteiger partial charge in [0.15, 0.2) is 0 Å². The maximum absolute atomic E-state index is 2.41. The Labute approximate surface area is 347 Å². The van der Waals surface area contributed by atoms with E-state index in [1.807, 2.05) is 34.0 Å². The number of benzene rings is 9. The molecule has 0 atom stereocenters. The van der Waals surface area contributed by atoms with Crippen LogP contribution in [0, 0.1) is 0 Å². The van der Waals surface area contributed by atoms with Crippen molar-refractivity contribution >= 4 is 112 Å². The van der Waals surface area contributed by atoms with Gasteiger partial charge in [-0.25, -0.2) is 0 Å². The van der Waals surface area contributed by atoms with Crippen LogP contribution in [-0.4, -0.2) is 0 Å². The van der Waals surface area contributed by atoms with E-state index in [0.29, 0.717) is 0 Å². The van der Waals surface area contributed by atoms with Crippen molar-refractivity contribution in [3.8, 4) is 33.4 Å². The fourth-order valence-electron chi connectivity index (χ4n) is 8.81. The molecule has 0 aliphatic rings. The monoisotopic (exact) mass is 791 g/mol. The summed E-state index contributed by atoms with van der Waals surface area (Å²) < 4.78 is 8.01. The van der Waals surface area contributed by atoms with Gasteiger partial charge in [0.25, 0.3) is 0 Å². The minimum atomic E-state index is 1.12. The van der Waals surface area contributed by atoms with Crippen molar-refractivity contribution in [2.75, 3.05) is 4.90 Å². The molecule has 0 aliphatic heterocycles. The Balaban J connectivity index is 0.996. The number of rotatable bonds is 6. The molecule has 9 aromatic carbocycles. The third kappa shape index (κ3) is 5.41. The molecule has 0 bridgehead atoms. The molecule has 0 N–H and O–H groups in total. The molecule has 12 rings (SSSR count). The molecular weight excluding hydrogens is 759 g/mol. The number of fused-ring (bicyclic) bond motifs is 10. The quantitative estimate of drug-likeness (QED) is 0.162. The van der Waals surface area contributed by atoms with E-state index in [1.54, 1.807) is 0 Å². The molecule has 0 radical (unpaired) electrons. The summed E-state index contributed by atoms with van der Waals surface area (Å²) >= 11 is 5.68. The minimum absolute atomic E-state index is 1.12. The predicted octanol–water partition coefficient (Wildman–Crippen LogP) is 17.3. The molecule has 0 fully saturated rings. The standard InChI is InChI=1S/C54H33NS3/c1-2-11-34(12-3-1)40-13-4-5-14-41(40)35-21-25-37(26-22-35)55(39-29-31-49-46(33-39)44-16-7-8-18-47(44)56-49)38-27-23-36(24-28-38)42-17-10-20-50-52(42)53-51(57-50)32-30-45-43-15-6-9-19-48(43)58-54(45)53/h1-33H. The van der Waals surface area contributed by atoms with Gasteiger partial charge < -0.3 is 4.90 Å². The largest absolute Gasteiger partial charge is 0.310 e. The highest BCUT2D eigenvalue weighted by Crippen LogP contribution is 2.48. The van der Waals surface area contributed by atoms with Gasteiger partial charge in [-0.3, -0.25) is 0 Å². The molecule has 4 heteroatoms. The van der Waals surface area contributed by atoms with E-state index in [0.717, 1.165) is 17.1 Å². The third-order valence-electron chi connectivity index (χ3n) is 11.5. The summed E-state index contributed by atoms with van der Waals surface area (Å²) in [6.07, 6.45) is 0. The van der Waals surface area contributed by atoms with Crippen LogP contribution in [0.15, 0.2) is 200 Å². The Morgan fingerprint density at radius 2 is 0.759 bits per heavy atom. The summed E-state index contributed by atoms with van der Waals surface area (Å²) in [7, 11) is 0. The van der Waals surface area contributed by atoms with Gasteiger partial charge in [-0.05, 0) is 100 Å². The first-order valence-corrected chi connectivity index (χ1v) is 22.0. The van der Waals surface area contributed by atoms with Crippen LogP contribution in [0.4, 0.5) is 17.1 Å². The van der Waals surface area contributed by atoms with Crippen molar-refractivity contribution in [3.63, 3.8) is 0 Å². The SMILES string of the molecule is c1ccc(-c2ccccc2-c2ccc(N(c3ccc(-c4cccc5sc6ccc7c8ccccc8sc7c6c45)cc3)c3ccc4sc5ccccc5c4c3)cc2)cc1. The van der Waals surface area contributed by atoms with Crippen LogP contribution in [-0.2, 0) is 0 Å². The van der Waals surface area contributed by atoms with Gasteiger partial charge in [0, 0.05) is 77.6 Å². The lowest BCUT2D eigenvalue weighted by Gasteiger charge is -2.26. The zero-order valence-electron chi connectivity index (χ0n) is 31.2. The van der Waals surface area contributed by atoms with Gasteiger partial charge in [0.2, 0.25) is 0 Å². The molecule has 272 valence electrons. The number of hydrogen-bond donors (Lipinski definition) is 0. The lowest BCUT2D eigenvalue weighted by atomic mass is 9.94. The van der Waals surface area contributed by atoms with Crippen LogP contribution in [0.3, 0.4) is 0 Å². The normalized spacial score (nSPS) is 11.8. The molecule has 0 aliphatic carbocycles. The van der Waals surface area contributed by atoms with Gasteiger partial charge >= 0.3 is 0 Å². The number of thiophene rings is 3. The lowest BCUT2D eigenvalue weighted by Crippen LogP contribution is -2.09. The molecule has 0 saturated carbocycles. The molecule has 0 spiro atoms. The summed E-state index contributed by atoms with van der Waals surface area (Å²) in [5, 5.41) is 8.01. The molecule has 0 amide bonds. The average Bonchev–Trinajstić information content (AvgIpc) is 3.98. The van der Waals surface area contributed by atoms with Crippen molar-refractivity contribution in [2.24, 2.45) is 0 Å². The van der Waals surface area contributed by atoms with Crippen LogP contribution >= 0.6 is 34.0 Å². The lowest BCUT2D eigenvalue weighted by molar-refractivity contribution is 1.29. The minimum Gasteiger partial charge on any atom is -0.310 e. The predicted molar refractivity (Wildman–Crippen MR) is 256 cm³/mol. The highest BCUT2D eigenvalue weighted by Gasteiger charge is 2.19. The van der Waals surface area contributed by atoms with Gasteiger partial charge in [-0.1, -0.05) is 133 Å². The van der Waals surface area contributed by atoms with Gasteiger partial charge in [0.1, 0.15) is 0 Å². The third-order valence-corrected chi connectivity index (χ3v) is 15.0. The molecule has 0 unspecified atom stereocenters. The summed E-state index contributed by atoms with van der Waals surface area (Å²) in [4.78, 5) is 2.41. The van der Waals surface area contributed by atoms with Crippen LogP contribution in [0.25, 0.3) is 93.9 Å². The molecule has 12 aromatic rings. The van der Waals surface area contributed by atoms with Crippen LogP contribution in [0.1, 0.15) is 0 Å². The van der Waals surface area contributed by atoms with Crippen LogP contribution in [0.2, 0.25) is 0 Å². The zero-order valence-corrected chi connectivity index (χ0v) is 33.7. The second-order valence-corrected chi connectivity index (χ2v) is 18.0. The average molecular weight is 792 g/mol. The smallest absolute Gasteiger partial charge is 0.0468 e. The second kappa shape index (κ2) is 13.5. The summed E-state index contributed by atoms with van der Waals surface area (Å²) in [6.45, 7) is 0. The Kier molecular flexibility index (Phi) is 7.83. The molecule has 58 heavy (non-hydrogen) atoms. The first kappa shape index (κ1) is 33.6. The van der Waals surface area contributed by atoms with Crippen molar-refractivity contribution in [1.29, 1.82) is 0 Å². The number of nitrogens with zero attached hydrogens (tertiary/aromatic N) is 1. The van der Waals surface area contributed by atoms with E-state index in [1.165, 1.54) is 93.9 Å². The summed E-state index contributed by atoms with van der Waals surface area (Å²) in [6, 6.07) is 73.6. The fraction of sp³-hybridized carbons (Fsp3) is 0. The Morgan fingerprint density at radius 3 is 1.48 bits per heavy atom. The molecule has 3 heterocycles. The number of hydrogen-bond acceptors (Lipinski definition) is 4. The fourth-order valence-corrected chi connectivity index (χ4v) is 12.4. The van der Waals surface area contributed by atoms with Gasteiger partial charge in [-0.2, -0.15) is 0 Å². The maximum Gasteiger partial charge on any atom is 0.0468 e. The van der Waals surface area contributed by atoms with E-state index >= 15 is 0 Å². The van der Waals surface area contributed by atoms with Gasteiger partial charge in [0.05, 0.1) is 0 Å². The molecule has 1 nitrogen and oxygen atoms in total. The Bertz CT molecular complexity index is 3500. The topological polar surface area (TPSA) is 3.24 Å². The second-order valence-electron chi connectivity index (χ2n) is 14.8. The number of anilines is 3. The maximum atomic E-state index is 2.41. The van der Waals surface area contributed by atoms with E-state index in [4.69, 9.17) is 0 Å². The Hall–Kier alpha value is -6.56. The first-order valence-electron chi connectivity index (χ1n) is 19.6. The summed E-state index contributed by atoms with van der Waals surface area (Å²) in [5.41, 5.74) is 10.8. The van der Waals surface area contributed by atoms with E-state index in [2.05, 4.69) is 205 Å². The summed E-state index contributed by atoms with van der Waals surface area (Å²) in [5.74, 6) is 0. The highest BCUT2D eigenvalue weighted by molar-refractivity contribution is 7.30. The zero-order chi connectivity index (χ0) is 38.2. The molecule has 0 saturated heterocycles. The Morgan fingerprint density at radius 1 is 0.276 bits per heavy atom. The van der Waals surface area contributed by atoms with E-state index < -0.39 is 0 Å². The van der Waals surface area contributed by atoms with Crippen molar-refractivity contribution in [1.82, 2.24) is 0 Å².